The molecule has 0 spiro atoms. The summed E-state index contributed by atoms with van der Waals surface area (Å²) in [6.45, 7) is 5.07. The van der Waals surface area contributed by atoms with E-state index in [1.165, 1.54) is 5.69 Å². The minimum absolute atomic E-state index is 0.156. The van der Waals surface area contributed by atoms with E-state index in [1.807, 2.05) is 12.1 Å². The van der Waals surface area contributed by atoms with Crippen LogP contribution in [0, 0.1) is 10.1 Å². The lowest BCUT2D eigenvalue weighted by Gasteiger charge is -2.04. The number of nitrogens with zero attached hydrogens (tertiary/aromatic N) is 2. The van der Waals surface area contributed by atoms with E-state index >= 15 is 0 Å². The Morgan fingerprint density at radius 3 is 2.62 bits per heavy atom. The van der Waals surface area contributed by atoms with Crippen molar-refractivity contribution in [2.75, 3.05) is 0 Å². The molecule has 0 bridgehead atoms. The summed E-state index contributed by atoms with van der Waals surface area (Å²) in [5.74, 6) is 0. The van der Waals surface area contributed by atoms with Crippen molar-refractivity contribution in [3.63, 3.8) is 0 Å². The maximum absolute atomic E-state index is 10.7. The van der Waals surface area contributed by atoms with Gasteiger partial charge in [-0.05, 0) is 25.5 Å². The van der Waals surface area contributed by atoms with Crippen LogP contribution >= 0.6 is 0 Å². The molecule has 1 aromatic carbocycles. The predicted octanol–water partition coefficient (Wildman–Crippen LogP) is 3.13. The van der Waals surface area contributed by atoms with E-state index in [9.17, 15) is 10.1 Å². The summed E-state index contributed by atoms with van der Waals surface area (Å²) in [7, 11) is 0. The minimum atomic E-state index is -0.353. The highest BCUT2D eigenvalue weighted by Crippen LogP contribution is 2.24. The normalized spacial score (nSPS) is 10.9. The molecule has 0 atom stereocenters. The van der Waals surface area contributed by atoms with Crippen molar-refractivity contribution >= 4 is 16.6 Å². The van der Waals surface area contributed by atoms with Crippen molar-refractivity contribution in [2.24, 2.45) is 0 Å². The fourth-order valence-corrected chi connectivity index (χ4v) is 2.10. The van der Waals surface area contributed by atoms with Gasteiger partial charge in [0, 0.05) is 35.3 Å². The average molecular weight is 218 g/mol. The van der Waals surface area contributed by atoms with E-state index in [0.29, 0.717) is 0 Å². The Bertz CT molecular complexity index is 543. The van der Waals surface area contributed by atoms with Gasteiger partial charge in [-0.25, -0.2) is 0 Å². The van der Waals surface area contributed by atoms with Gasteiger partial charge in [-0.3, -0.25) is 10.1 Å². The van der Waals surface area contributed by atoms with Crippen LogP contribution < -0.4 is 0 Å². The Hall–Kier alpha value is -1.84. The van der Waals surface area contributed by atoms with E-state index in [4.69, 9.17) is 0 Å². The summed E-state index contributed by atoms with van der Waals surface area (Å²) in [5, 5.41) is 11.6. The van der Waals surface area contributed by atoms with Gasteiger partial charge in [0.15, 0.2) is 0 Å². The van der Waals surface area contributed by atoms with E-state index in [1.54, 1.807) is 12.1 Å². The lowest BCUT2D eigenvalue weighted by molar-refractivity contribution is -0.384. The molecular weight excluding hydrogens is 204 g/mol. The zero-order valence-electron chi connectivity index (χ0n) is 9.43. The first-order valence-corrected chi connectivity index (χ1v) is 5.44. The average Bonchev–Trinajstić information content (AvgIpc) is 2.65. The van der Waals surface area contributed by atoms with Crippen LogP contribution in [0.3, 0.4) is 0 Å². The van der Waals surface area contributed by atoms with Crippen LogP contribution in [0.1, 0.15) is 19.5 Å². The summed E-state index contributed by atoms with van der Waals surface area (Å²) in [6.07, 6.45) is 0.941. The molecule has 0 saturated carbocycles. The van der Waals surface area contributed by atoms with E-state index < -0.39 is 0 Å². The van der Waals surface area contributed by atoms with Crippen molar-refractivity contribution in [2.45, 2.75) is 26.8 Å². The quantitative estimate of drug-likeness (QED) is 0.587. The van der Waals surface area contributed by atoms with Gasteiger partial charge in [0.2, 0.25) is 0 Å². The van der Waals surface area contributed by atoms with Crippen LogP contribution in [0.4, 0.5) is 5.69 Å². The highest BCUT2D eigenvalue weighted by Gasteiger charge is 2.10. The largest absolute Gasteiger partial charge is 0.345 e. The molecule has 0 aliphatic rings. The monoisotopic (exact) mass is 218 g/mol. The van der Waals surface area contributed by atoms with Crippen LogP contribution in [-0.2, 0) is 13.0 Å². The number of nitro groups is 1. The molecule has 0 fully saturated rings. The minimum Gasteiger partial charge on any atom is -0.345 e. The molecule has 1 heterocycles. The van der Waals surface area contributed by atoms with Crippen molar-refractivity contribution in [3.8, 4) is 0 Å². The Labute approximate surface area is 93.6 Å². The van der Waals surface area contributed by atoms with Gasteiger partial charge < -0.3 is 4.57 Å². The van der Waals surface area contributed by atoms with Gasteiger partial charge in [0.1, 0.15) is 0 Å². The summed E-state index contributed by atoms with van der Waals surface area (Å²) in [6, 6.07) is 7.07. The van der Waals surface area contributed by atoms with Crippen molar-refractivity contribution < 1.29 is 4.92 Å². The number of hydrogen-bond acceptors (Lipinski definition) is 2. The van der Waals surface area contributed by atoms with E-state index in [0.717, 1.165) is 23.9 Å². The molecule has 0 saturated heterocycles. The molecule has 84 valence electrons. The second-order valence-corrected chi connectivity index (χ2v) is 3.73. The molecule has 4 heteroatoms. The van der Waals surface area contributed by atoms with E-state index in [2.05, 4.69) is 18.4 Å². The second-order valence-electron chi connectivity index (χ2n) is 3.73. The van der Waals surface area contributed by atoms with Gasteiger partial charge in [-0.15, -0.1) is 0 Å². The number of fused-ring (bicyclic) bond motifs is 1. The van der Waals surface area contributed by atoms with Crippen LogP contribution in [0.25, 0.3) is 10.9 Å². The van der Waals surface area contributed by atoms with Crippen LogP contribution in [0.2, 0.25) is 0 Å². The zero-order chi connectivity index (χ0) is 11.7. The first-order chi connectivity index (χ1) is 7.67. The number of rotatable bonds is 3. The highest BCUT2D eigenvalue weighted by molar-refractivity contribution is 5.83. The first kappa shape index (κ1) is 10.7. The molecule has 2 rings (SSSR count). The number of aromatic nitrogens is 1. The molecule has 0 aliphatic carbocycles. The summed E-state index contributed by atoms with van der Waals surface area (Å²) < 4.78 is 2.19. The zero-order valence-corrected chi connectivity index (χ0v) is 9.43. The number of benzene rings is 1. The Morgan fingerprint density at radius 2 is 2.06 bits per heavy atom. The standard InChI is InChI=1S/C12H14N2O2/c1-3-10-7-9-8-11(14(15)16)5-6-12(9)13(10)4-2/h5-8H,3-4H2,1-2H3. The molecule has 16 heavy (non-hydrogen) atoms. The van der Waals surface area contributed by atoms with Crippen LogP contribution in [0.5, 0.6) is 0 Å². The third-order valence-electron chi connectivity index (χ3n) is 2.86. The SMILES string of the molecule is CCc1cc2cc([N+](=O)[O-])ccc2n1CC. The fourth-order valence-electron chi connectivity index (χ4n) is 2.10. The highest BCUT2D eigenvalue weighted by atomic mass is 16.6. The van der Waals surface area contributed by atoms with Crippen molar-refractivity contribution in [1.82, 2.24) is 4.57 Å². The van der Waals surface area contributed by atoms with Gasteiger partial charge in [0.05, 0.1) is 4.92 Å². The number of aryl methyl sites for hydroxylation is 2. The van der Waals surface area contributed by atoms with Gasteiger partial charge in [-0.2, -0.15) is 0 Å². The summed E-state index contributed by atoms with van der Waals surface area (Å²) >= 11 is 0. The van der Waals surface area contributed by atoms with Crippen LogP contribution in [-0.4, -0.2) is 9.49 Å². The molecule has 0 aliphatic heterocycles. The van der Waals surface area contributed by atoms with Crippen LogP contribution in [0.15, 0.2) is 24.3 Å². The Balaban J connectivity index is 2.67. The molecule has 1 aromatic heterocycles. The third-order valence-corrected chi connectivity index (χ3v) is 2.86. The third kappa shape index (κ3) is 1.56. The lowest BCUT2D eigenvalue weighted by atomic mass is 10.2. The smallest absolute Gasteiger partial charge is 0.270 e. The summed E-state index contributed by atoms with van der Waals surface area (Å²) in [5.41, 5.74) is 2.45. The molecule has 2 aromatic rings. The first-order valence-electron chi connectivity index (χ1n) is 5.44. The molecule has 0 N–H and O–H groups in total. The topological polar surface area (TPSA) is 48.1 Å². The molecule has 0 amide bonds. The molecule has 4 nitrogen and oxygen atoms in total. The number of nitro benzene ring substituents is 1. The van der Waals surface area contributed by atoms with Gasteiger partial charge in [-0.1, -0.05) is 6.92 Å². The maximum atomic E-state index is 10.7. The summed E-state index contributed by atoms with van der Waals surface area (Å²) in [4.78, 5) is 10.3. The predicted molar refractivity (Wildman–Crippen MR) is 63.6 cm³/mol. The van der Waals surface area contributed by atoms with Gasteiger partial charge >= 0.3 is 0 Å². The van der Waals surface area contributed by atoms with Crippen molar-refractivity contribution in [1.29, 1.82) is 0 Å². The second kappa shape index (κ2) is 3.96. The molecule has 0 radical (unpaired) electrons. The molecule has 0 unspecified atom stereocenters. The molecular formula is C12H14N2O2. The van der Waals surface area contributed by atoms with E-state index in [-0.39, 0.29) is 10.6 Å². The Morgan fingerprint density at radius 1 is 1.31 bits per heavy atom. The lowest BCUT2D eigenvalue weighted by Crippen LogP contribution is -1.98. The fraction of sp³-hybridized carbons (Fsp3) is 0.333. The van der Waals surface area contributed by atoms with Crippen molar-refractivity contribution in [3.05, 3.63) is 40.1 Å². The number of hydrogen-bond donors (Lipinski definition) is 0. The number of non-ortho nitro benzene ring substituents is 1. The Kier molecular flexibility index (Phi) is 2.64. The maximum Gasteiger partial charge on any atom is 0.270 e. The van der Waals surface area contributed by atoms with Gasteiger partial charge in [0.25, 0.3) is 5.69 Å².